The van der Waals surface area contributed by atoms with E-state index < -0.39 is 18.9 Å². The molecule has 0 radical (unpaired) electrons. The van der Waals surface area contributed by atoms with E-state index in [-0.39, 0.29) is 5.82 Å². The standard InChI is InChI=1S/C8H6Br2F4N2/c9-4-1-5(10)6(15-2-4)16-3-8(13,14)7(11)12/h1-2,7H,3H2,(H,15,16). The average molecular weight is 366 g/mol. The highest BCUT2D eigenvalue weighted by Crippen LogP contribution is 2.26. The van der Waals surface area contributed by atoms with Crippen molar-refractivity contribution in [3.63, 3.8) is 0 Å². The van der Waals surface area contributed by atoms with Crippen LogP contribution in [0.1, 0.15) is 0 Å². The van der Waals surface area contributed by atoms with Crippen LogP contribution in [0.2, 0.25) is 0 Å². The summed E-state index contributed by atoms with van der Waals surface area (Å²) in [6, 6.07) is 1.57. The first-order valence-corrected chi connectivity index (χ1v) is 5.62. The van der Waals surface area contributed by atoms with E-state index in [2.05, 4.69) is 42.2 Å². The Hall–Kier alpha value is -0.370. The second-order valence-corrected chi connectivity index (χ2v) is 4.67. The Morgan fingerprint density at radius 3 is 2.50 bits per heavy atom. The van der Waals surface area contributed by atoms with Crippen molar-refractivity contribution in [3.8, 4) is 0 Å². The first-order chi connectivity index (χ1) is 7.33. The number of aromatic nitrogens is 1. The highest BCUT2D eigenvalue weighted by Gasteiger charge is 2.40. The third kappa shape index (κ3) is 3.58. The second kappa shape index (κ2) is 5.31. The van der Waals surface area contributed by atoms with E-state index in [4.69, 9.17) is 0 Å². The summed E-state index contributed by atoms with van der Waals surface area (Å²) in [5.74, 6) is -3.99. The molecule has 0 unspecified atom stereocenters. The van der Waals surface area contributed by atoms with Crippen molar-refractivity contribution >= 4 is 37.7 Å². The van der Waals surface area contributed by atoms with Gasteiger partial charge in [-0.15, -0.1) is 0 Å². The van der Waals surface area contributed by atoms with E-state index in [0.29, 0.717) is 8.95 Å². The number of alkyl halides is 4. The summed E-state index contributed by atoms with van der Waals surface area (Å²) in [7, 11) is 0. The van der Waals surface area contributed by atoms with Crippen LogP contribution < -0.4 is 5.32 Å². The Kier molecular flexibility index (Phi) is 4.54. The van der Waals surface area contributed by atoms with Gasteiger partial charge in [-0.2, -0.15) is 8.78 Å². The number of nitrogens with one attached hydrogen (secondary N) is 1. The van der Waals surface area contributed by atoms with Gasteiger partial charge in [0.05, 0.1) is 11.0 Å². The van der Waals surface area contributed by atoms with Crippen molar-refractivity contribution in [1.82, 2.24) is 4.98 Å². The molecule has 0 aliphatic heterocycles. The van der Waals surface area contributed by atoms with Crippen LogP contribution in [0.3, 0.4) is 0 Å². The largest absolute Gasteiger partial charge is 0.363 e. The van der Waals surface area contributed by atoms with Gasteiger partial charge in [-0.25, -0.2) is 13.8 Å². The van der Waals surface area contributed by atoms with E-state index in [0.717, 1.165) is 0 Å². The van der Waals surface area contributed by atoms with E-state index in [9.17, 15) is 17.6 Å². The Labute approximate surface area is 106 Å². The molecule has 2 nitrogen and oxygen atoms in total. The maximum absolute atomic E-state index is 12.6. The van der Waals surface area contributed by atoms with Crippen molar-refractivity contribution < 1.29 is 17.6 Å². The Balaban J connectivity index is 2.68. The molecule has 8 heteroatoms. The molecule has 0 aliphatic carbocycles. The Morgan fingerprint density at radius 2 is 2.00 bits per heavy atom. The third-order valence-electron chi connectivity index (χ3n) is 1.62. The fourth-order valence-corrected chi connectivity index (χ4v) is 1.95. The molecule has 0 saturated carbocycles. The van der Waals surface area contributed by atoms with Gasteiger partial charge in [0.2, 0.25) is 0 Å². The molecule has 0 spiro atoms. The molecule has 0 amide bonds. The van der Waals surface area contributed by atoms with Crippen LogP contribution >= 0.6 is 31.9 Å². The third-order valence-corrected chi connectivity index (χ3v) is 2.66. The van der Waals surface area contributed by atoms with Crippen LogP contribution in [0, 0.1) is 0 Å². The van der Waals surface area contributed by atoms with Crippen LogP contribution in [0.15, 0.2) is 21.2 Å². The van der Waals surface area contributed by atoms with Crippen molar-refractivity contribution in [2.75, 3.05) is 11.9 Å². The fourth-order valence-electron chi connectivity index (χ4n) is 0.823. The van der Waals surface area contributed by atoms with E-state index >= 15 is 0 Å². The van der Waals surface area contributed by atoms with Crippen molar-refractivity contribution in [2.24, 2.45) is 0 Å². The van der Waals surface area contributed by atoms with Gasteiger partial charge in [-0.1, -0.05) is 0 Å². The molecule has 1 rings (SSSR count). The summed E-state index contributed by atoms with van der Waals surface area (Å²) < 4.78 is 49.9. The monoisotopic (exact) mass is 364 g/mol. The molecular formula is C8H6Br2F4N2. The average Bonchev–Trinajstić information content (AvgIpc) is 2.16. The summed E-state index contributed by atoms with van der Waals surface area (Å²) >= 11 is 6.19. The lowest BCUT2D eigenvalue weighted by Gasteiger charge is -2.16. The number of rotatable bonds is 4. The second-order valence-electron chi connectivity index (χ2n) is 2.90. The van der Waals surface area contributed by atoms with Crippen molar-refractivity contribution in [1.29, 1.82) is 0 Å². The normalized spacial score (nSPS) is 11.9. The van der Waals surface area contributed by atoms with Crippen LogP contribution in [0.4, 0.5) is 23.4 Å². The Bertz CT molecular complexity index is 373. The van der Waals surface area contributed by atoms with E-state index in [1.54, 1.807) is 6.07 Å². The summed E-state index contributed by atoms with van der Waals surface area (Å²) in [5, 5.41) is 2.15. The lowest BCUT2D eigenvalue weighted by Crippen LogP contribution is -2.35. The lowest BCUT2D eigenvalue weighted by molar-refractivity contribution is -0.117. The minimum Gasteiger partial charge on any atom is -0.363 e. The van der Waals surface area contributed by atoms with Crippen LogP contribution in [0.25, 0.3) is 0 Å². The maximum Gasteiger partial charge on any atom is 0.324 e. The molecule has 0 saturated heterocycles. The molecule has 0 aliphatic rings. The fraction of sp³-hybridized carbons (Fsp3) is 0.375. The highest BCUT2D eigenvalue weighted by molar-refractivity contribution is 9.11. The zero-order valence-corrected chi connectivity index (χ0v) is 10.8. The molecule has 16 heavy (non-hydrogen) atoms. The first-order valence-electron chi connectivity index (χ1n) is 4.04. The number of pyridine rings is 1. The molecule has 90 valence electrons. The number of anilines is 1. The highest BCUT2D eigenvalue weighted by atomic mass is 79.9. The quantitative estimate of drug-likeness (QED) is 0.818. The number of nitrogens with zero attached hydrogens (tertiary/aromatic N) is 1. The molecular weight excluding hydrogens is 360 g/mol. The van der Waals surface area contributed by atoms with Gasteiger partial charge in [0.1, 0.15) is 5.82 Å². The van der Waals surface area contributed by atoms with Crippen LogP contribution in [-0.2, 0) is 0 Å². The van der Waals surface area contributed by atoms with Gasteiger partial charge in [-0.05, 0) is 37.9 Å². The van der Waals surface area contributed by atoms with E-state index in [1.165, 1.54) is 6.20 Å². The van der Waals surface area contributed by atoms with Crippen LogP contribution in [-0.4, -0.2) is 23.9 Å². The van der Waals surface area contributed by atoms with Crippen molar-refractivity contribution in [3.05, 3.63) is 21.2 Å². The van der Waals surface area contributed by atoms with Gasteiger partial charge in [0.15, 0.2) is 0 Å². The predicted molar refractivity (Wildman–Crippen MR) is 59.1 cm³/mol. The number of hydrogen-bond donors (Lipinski definition) is 1. The van der Waals surface area contributed by atoms with E-state index in [1.807, 2.05) is 0 Å². The van der Waals surface area contributed by atoms with Gasteiger partial charge < -0.3 is 5.32 Å². The van der Waals surface area contributed by atoms with Gasteiger partial charge in [0, 0.05) is 10.7 Å². The SMILES string of the molecule is FC(F)C(F)(F)CNc1ncc(Br)cc1Br. The smallest absolute Gasteiger partial charge is 0.324 e. The molecule has 1 aromatic rings. The van der Waals surface area contributed by atoms with Gasteiger partial charge >= 0.3 is 12.3 Å². The summed E-state index contributed by atoms with van der Waals surface area (Å²) in [5.41, 5.74) is 0. The summed E-state index contributed by atoms with van der Waals surface area (Å²) in [6.45, 7) is -1.17. The van der Waals surface area contributed by atoms with Crippen molar-refractivity contribution in [2.45, 2.75) is 12.3 Å². The lowest BCUT2D eigenvalue weighted by atomic mass is 10.3. The summed E-state index contributed by atoms with van der Waals surface area (Å²) in [4.78, 5) is 3.76. The zero-order valence-electron chi connectivity index (χ0n) is 7.65. The molecule has 0 aromatic carbocycles. The molecule has 1 N–H and O–H groups in total. The first kappa shape index (κ1) is 13.7. The molecule has 0 bridgehead atoms. The number of halogens is 6. The molecule has 1 heterocycles. The molecule has 1 aromatic heterocycles. The van der Waals surface area contributed by atoms with Gasteiger partial charge in [0.25, 0.3) is 0 Å². The van der Waals surface area contributed by atoms with Gasteiger partial charge in [-0.3, -0.25) is 0 Å². The molecule has 0 fully saturated rings. The number of hydrogen-bond acceptors (Lipinski definition) is 2. The maximum atomic E-state index is 12.6. The Morgan fingerprint density at radius 1 is 1.38 bits per heavy atom. The topological polar surface area (TPSA) is 24.9 Å². The van der Waals surface area contributed by atoms with Crippen LogP contribution in [0.5, 0.6) is 0 Å². The molecule has 0 atom stereocenters. The predicted octanol–water partition coefficient (Wildman–Crippen LogP) is 3.92. The summed E-state index contributed by atoms with van der Waals surface area (Å²) in [6.07, 6.45) is -2.33. The minimum absolute atomic E-state index is 0.0866. The zero-order chi connectivity index (χ0) is 12.3. The minimum atomic E-state index is -4.08.